The molecule has 28 heavy (non-hydrogen) atoms. The first kappa shape index (κ1) is 17.5. The van der Waals surface area contributed by atoms with Crippen LogP contribution in [0.2, 0.25) is 0 Å². The van der Waals surface area contributed by atoms with E-state index in [-0.39, 0.29) is 28.6 Å². The Kier molecular flexibility index (Phi) is 3.81. The van der Waals surface area contributed by atoms with E-state index in [0.717, 1.165) is 12.8 Å². The predicted molar refractivity (Wildman–Crippen MR) is 97.2 cm³/mol. The Bertz CT molecular complexity index is 1100. The second-order valence-corrected chi connectivity index (χ2v) is 6.63. The molecule has 2 aliphatic heterocycles. The number of nitrogens with two attached hydrogens (primary N) is 1. The highest BCUT2D eigenvalue weighted by Gasteiger charge is 2.58. The number of nitrogens with zero attached hydrogens (tertiary/aromatic N) is 3. The highest BCUT2D eigenvalue weighted by molar-refractivity contribution is 6.13. The Labute approximate surface area is 159 Å². The molecule has 2 aliphatic rings. The highest BCUT2D eigenvalue weighted by Crippen LogP contribution is 2.54. The first-order valence-corrected chi connectivity index (χ1v) is 8.71. The highest BCUT2D eigenvalue weighted by atomic mass is 16.6. The number of anilines is 1. The summed E-state index contributed by atoms with van der Waals surface area (Å²) < 4.78 is 5.50. The largest absolute Gasteiger partial charge is 0.420 e. The topological polar surface area (TPSA) is 160 Å². The van der Waals surface area contributed by atoms with E-state index in [1.54, 1.807) is 0 Å². The van der Waals surface area contributed by atoms with Gasteiger partial charge in [-0.05, 0) is 18.9 Å². The minimum Gasteiger partial charge on any atom is -0.420 e. The summed E-state index contributed by atoms with van der Waals surface area (Å²) in [6.07, 6.45) is 2.29. The molecule has 10 heteroatoms. The smallest absolute Gasteiger partial charge is 0.269 e. The summed E-state index contributed by atoms with van der Waals surface area (Å²) in [7, 11) is 0. The van der Waals surface area contributed by atoms with Gasteiger partial charge in [-0.15, -0.1) is 5.10 Å². The van der Waals surface area contributed by atoms with Crippen LogP contribution in [0.25, 0.3) is 0 Å². The van der Waals surface area contributed by atoms with Gasteiger partial charge in [0.2, 0.25) is 17.7 Å². The first-order chi connectivity index (χ1) is 13.4. The molecule has 1 atom stereocenters. The SMILES string of the molecule is CCCCc1[nH]nc2c1C1(C(=O)Nc3ccc([N+](=O)[O-])cc31)C(C#N)=C(N)O2. The molecule has 0 radical (unpaired) electrons. The quantitative estimate of drug-likeness (QED) is 0.540. The number of unbranched alkanes of at least 4 members (excludes halogenated alkanes) is 1. The zero-order valence-electron chi connectivity index (χ0n) is 14.9. The van der Waals surface area contributed by atoms with Gasteiger partial charge in [0.05, 0.1) is 10.5 Å². The van der Waals surface area contributed by atoms with Crippen molar-refractivity contribution in [2.75, 3.05) is 5.32 Å². The monoisotopic (exact) mass is 380 g/mol. The molecule has 3 heterocycles. The molecule has 0 saturated carbocycles. The van der Waals surface area contributed by atoms with Crippen molar-refractivity contribution in [1.82, 2.24) is 10.2 Å². The van der Waals surface area contributed by atoms with Crippen LogP contribution in [0, 0.1) is 21.4 Å². The van der Waals surface area contributed by atoms with Crippen molar-refractivity contribution in [3.05, 3.63) is 56.6 Å². The Balaban J connectivity index is 2.07. The summed E-state index contributed by atoms with van der Waals surface area (Å²) in [4.78, 5) is 24.0. The van der Waals surface area contributed by atoms with Crippen molar-refractivity contribution in [2.45, 2.75) is 31.6 Å². The van der Waals surface area contributed by atoms with Crippen LogP contribution in [0.15, 0.2) is 29.7 Å². The number of nitro benzene ring substituents is 1. The van der Waals surface area contributed by atoms with Gasteiger partial charge < -0.3 is 15.8 Å². The van der Waals surface area contributed by atoms with E-state index in [9.17, 15) is 20.2 Å². The summed E-state index contributed by atoms with van der Waals surface area (Å²) in [6.45, 7) is 2.02. The molecule has 0 saturated heterocycles. The molecule has 2 aromatic rings. The molecule has 1 amide bonds. The normalized spacial score (nSPS) is 19.6. The minimum absolute atomic E-state index is 0.0945. The summed E-state index contributed by atoms with van der Waals surface area (Å²) in [6, 6.07) is 6.02. The fourth-order valence-corrected chi connectivity index (χ4v) is 3.86. The number of fused-ring (bicyclic) bond motifs is 4. The van der Waals surface area contributed by atoms with E-state index in [1.165, 1.54) is 18.2 Å². The number of nitro groups is 1. The number of carbonyl (C=O) groups excluding carboxylic acids is 1. The fourth-order valence-electron chi connectivity index (χ4n) is 3.86. The van der Waals surface area contributed by atoms with Gasteiger partial charge in [-0.2, -0.15) is 5.26 Å². The maximum atomic E-state index is 13.3. The number of H-pyrrole nitrogens is 1. The summed E-state index contributed by atoms with van der Waals surface area (Å²) in [5.74, 6) is -0.679. The number of nitriles is 1. The Hall–Kier alpha value is -3.87. The number of aromatic amines is 1. The lowest BCUT2D eigenvalue weighted by Gasteiger charge is -2.31. The van der Waals surface area contributed by atoms with Crippen LogP contribution in [0.5, 0.6) is 5.88 Å². The number of aryl methyl sites for hydroxylation is 1. The number of amides is 1. The number of ether oxygens (including phenoxy) is 1. The van der Waals surface area contributed by atoms with Crippen molar-refractivity contribution in [2.24, 2.45) is 5.73 Å². The fraction of sp³-hybridized carbons (Fsp3) is 0.278. The third-order valence-electron chi connectivity index (χ3n) is 5.11. The van der Waals surface area contributed by atoms with Gasteiger partial charge in [0.15, 0.2) is 0 Å². The predicted octanol–water partition coefficient (Wildman–Crippen LogP) is 1.98. The second kappa shape index (κ2) is 6.09. The molecule has 1 aromatic heterocycles. The molecule has 0 fully saturated rings. The summed E-state index contributed by atoms with van der Waals surface area (Å²) in [5, 5.41) is 30.9. The molecule has 0 aliphatic carbocycles. The zero-order chi connectivity index (χ0) is 20.1. The molecule has 0 bridgehead atoms. The third kappa shape index (κ3) is 2.13. The Morgan fingerprint density at radius 2 is 2.25 bits per heavy atom. The average molecular weight is 380 g/mol. The molecule has 4 N–H and O–H groups in total. The maximum Gasteiger partial charge on any atom is 0.269 e. The van der Waals surface area contributed by atoms with Crippen LogP contribution < -0.4 is 15.8 Å². The number of aromatic nitrogens is 2. The minimum atomic E-state index is -1.65. The van der Waals surface area contributed by atoms with Gasteiger partial charge in [0.1, 0.15) is 17.1 Å². The lowest BCUT2D eigenvalue weighted by molar-refractivity contribution is -0.384. The van der Waals surface area contributed by atoms with Crippen LogP contribution in [-0.2, 0) is 16.6 Å². The van der Waals surface area contributed by atoms with Gasteiger partial charge in [-0.3, -0.25) is 20.0 Å². The summed E-state index contributed by atoms with van der Waals surface area (Å²) in [5.41, 5.74) is 5.67. The van der Waals surface area contributed by atoms with E-state index in [4.69, 9.17) is 10.5 Å². The van der Waals surface area contributed by atoms with E-state index >= 15 is 0 Å². The van der Waals surface area contributed by atoms with E-state index < -0.39 is 16.2 Å². The van der Waals surface area contributed by atoms with Crippen LogP contribution in [-0.4, -0.2) is 21.0 Å². The van der Waals surface area contributed by atoms with Crippen molar-refractivity contribution in [3.63, 3.8) is 0 Å². The van der Waals surface area contributed by atoms with E-state index in [2.05, 4.69) is 15.5 Å². The third-order valence-corrected chi connectivity index (χ3v) is 5.11. The molecule has 1 unspecified atom stereocenters. The first-order valence-electron chi connectivity index (χ1n) is 8.71. The number of benzene rings is 1. The Morgan fingerprint density at radius 1 is 1.46 bits per heavy atom. The van der Waals surface area contributed by atoms with Crippen LogP contribution >= 0.6 is 0 Å². The van der Waals surface area contributed by atoms with Gasteiger partial charge in [-0.1, -0.05) is 13.3 Å². The number of nitrogens with one attached hydrogen (secondary N) is 2. The van der Waals surface area contributed by atoms with Gasteiger partial charge in [0.25, 0.3) is 5.69 Å². The molecule has 1 spiro atoms. The van der Waals surface area contributed by atoms with Gasteiger partial charge in [-0.25, -0.2) is 0 Å². The lowest BCUT2D eigenvalue weighted by Crippen LogP contribution is -2.42. The standard InChI is InChI=1S/C18H16N6O4/c1-2-3-4-13-14-16(23-22-13)28-15(20)11(8-19)18(14)10-7-9(24(26)27)5-6-12(10)21-17(18)25/h5-7H,2-4,20H2,1H3,(H,21,25)(H,22,23). The van der Waals surface area contributed by atoms with Crippen molar-refractivity contribution in [3.8, 4) is 11.9 Å². The zero-order valence-corrected chi connectivity index (χ0v) is 14.9. The Morgan fingerprint density at radius 3 is 2.93 bits per heavy atom. The van der Waals surface area contributed by atoms with Crippen LogP contribution in [0.1, 0.15) is 36.6 Å². The number of non-ortho nitro benzene ring substituents is 1. The second-order valence-electron chi connectivity index (χ2n) is 6.63. The lowest BCUT2D eigenvalue weighted by atomic mass is 9.68. The molecule has 4 rings (SSSR count). The molecule has 1 aromatic carbocycles. The van der Waals surface area contributed by atoms with Crippen molar-refractivity contribution >= 4 is 17.3 Å². The number of carbonyl (C=O) groups is 1. The van der Waals surface area contributed by atoms with Gasteiger partial charge in [0, 0.05) is 29.1 Å². The van der Waals surface area contributed by atoms with Crippen molar-refractivity contribution < 1.29 is 14.5 Å². The average Bonchev–Trinajstić information content (AvgIpc) is 3.19. The van der Waals surface area contributed by atoms with Crippen molar-refractivity contribution in [1.29, 1.82) is 5.26 Å². The number of hydrogen-bond donors (Lipinski definition) is 3. The van der Waals surface area contributed by atoms with Crippen LogP contribution in [0.4, 0.5) is 11.4 Å². The van der Waals surface area contributed by atoms with E-state index in [1.807, 2.05) is 13.0 Å². The van der Waals surface area contributed by atoms with Crippen LogP contribution in [0.3, 0.4) is 0 Å². The summed E-state index contributed by atoms with van der Waals surface area (Å²) >= 11 is 0. The molecular weight excluding hydrogens is 364 g/mol. The molecular formula is C18H16N6O4. The van der Waals surface area contributed by atoms with E-state index in [0.29, 0.717) is 23.4 Å². The molecule has 10 nitrogen and oxygen atoms in total. The maximum absolute atomic E-state index is 13.3. The van der Waals surface area contributed by atoms with Gasteiger partial charge >= 0.3 is 0 Å². The molecule has 142 valence electrons. The number of rotatable bonds is 4. The number of hydrogen-bond acceptors (Lipinski definition) is 7.